The maximum Gasteiger partial charge on any atom is 0.355 e. The van der Waals surface area contributed by atoms with Crippen molar-refractivity contribution in [2.75, 3.05) is 17.4 Å². The standard InChI is InChI=1S/C18H16N6O3/c1-23(14-10-6-3-7-11-14)17-15(24(26)27)16(19-12-20-17)21-22-18(25)13-8-4-2-5-9-13/h2-12H,1H3,(H,22,25)(H,19,20,21). The third-order valence-corrected chi connectivity index (χ3v) is 3.78. The smallest absolute Gasteiger partial charge is 0.324 e. The number of anilines is 3. The van der Waals surface area contributed by atoms with Crippen molar-refractivity contribution in [2.24, 2.45) is 0 Å². The Morgan fingerprint density at radius 2 is 1.67 bits per heavy atom. The molecule has 1 aromatic heterocycles. The van der Waals surface area contributed by atoms with Crippen LogP contribution in [0.2, 0.25) is 0 Å². The molecule has 2 N–H and O–H groups in total. The predicted molar refractivity (Wildman–Crippen MR) is 101 cm³/mol. The predicted octanol–water partition coefficient (Wildman–Crippen LogP) is 2.91. The van der Waals surface area contributed by atoms with Gasteiger partial charge in [-0.1, -0.05) is 36.4 Å². The van der Waals surface area contributed by atoms with Crippen molar-refractivity contribution in [3.8, 4) is 0 Å². The molecular formula is C18H16N6O3. The van der Waals surface area contributed by atoms with Crippen molar-refractivity contribution in [3.63, 3.8) is 0 Å². The van der Waals surface area contributed by atoms with Crippen LogP contribution in [0.25, 0.3) is 0 Å². The molecule has 3 aromatic rings. The second kappa shape index (κ2) is 7.91. The fraction of sp³-hybridized carbons (Fsp3) is 0.0556. The number of hydrogen-bond donors (Lipinski definition) is 2. The summed E-state index contributed by atoms with van der Waals surface area (Å²) in [5, 5.41) is 11.6. The van der Waals surface area contributed by atoms with Crippen LogP contribution in [-0.2, 0) is 0 Å². The van der Waals surface area contributed by atoms with Crippen LogP contribution < -0.4 is 15.8 Å². The summed E-state index contributed by atoms with van der Waals surface area (Å²) in [5.74, 6) is -0.462. The van der Waals surface area contributed by atoms with Crippen molar-refractivity contribution in [2.45, 2.75) is 0 Å². The molecule has 0 saturated heterocycles. The number of hydrazine groups is 1. The molecule has 136 valence electrons. The maximum absolute atomic E-state index is 12.1. The van der Waals surface area contributed by atoms with E-state index in [1.165, 1.54) is 6.33 Å². The Kier molecular flexibility index (Phi) is 5.22. The van der Waals surface area contributed by atoms with Gasteiger partial charge in [0.1, 0.15) is 6.33 Å². The zero-order chi connectivity index (χ0) is 19.2. The van der Waals surface area contributed by atoms with Crippen molar-refractivity contribution in [1.82, 2.24) is 15.4 Å². The van der Waals surface area contributed by atoms with Crippen LogP contribution in [0.15, 0.2) is 67.0 Å². The van der Waals surface area contributed by atoms with Crippen molar-refractivity contribution in [3.05, 3.63) is 82.7 Å². The Bertz CT molecular complexity index is 950. The molecule has 1 heterocycles. The minimum Gasteiger partial charge on any atom is -0.324 e. The van der Waals surface area contributed by atoms with E-state index in [2.05, 4.69) is 20.8 Å². The molecule has 0 aliphatic carbocycles. The van der Waals surface area contributed by atoms with Crippen LogP contribution in [-0.4, -0.2) is 27.8 Å². The minimum absolute atomic E-state index is 0.0951. The second-order valence-corrected chi connectivity index (χ2v) is 5.49. The van der Waals surface area contributed by atoms with Crippen LogP contribution >= 0.6 is 0 Å². The number of hydrogen-bond acceptors (Lipinski definition) is 7. The van der Waals surface area contributed by atoms with Crippen LogP contribution in [0.5, 0.6) is 0 Å². The van der Waals surface area contributed by atoms with Gasteiger partial charge in [-0.25, -0.2) is 9.97 Å². The number of aromatic nitrogens is 2. The number of rotatable bonds is 6. The number of carbonyl (C=O) groups is 1. The molecule has 0 aliphatic heterocycles. The Morgan fingerprint density at radius 1 is 1.04 bits per heavy atom. The molecule has 3 rings (SSSR count). The SMILES string of the molecule is CN(c1ccccc1)c1ncnc(NNC(=O)c2ccccc2)c1[N+](=O)[O-]. The second-order valence-electron chi connectivity index (χ2n) is 5.49. The van der Waals surface area contributed by atoms with E-state index in [9.17, 15) is 14.9 Å². The molecule has 9 nitrogen and oxygen atoms in total. The highest BCUT2D eigenvalue weighted by Gasteiger charge is 2.26. The average molecular weight is 364 g/mol. The quantitative estimate of drug-likeness (QED) is 0.511. The van der Waals surface area contributed by atoms with Gasteiger partial charge >= 0.3 is 5.69 Å². The van der Waals surface area contributed by atoms with Gasteiger partial charge in [-0.3, -0.25) is 25.8 Å². The Morgan fingerprint density at radius 3 is 2.30 bits per heavy atom. The molecule has 0 saturated carbocycles. The molecule has 0 fully saturated rings. The van der Waals surface area contributed by atoms with Gasteiger partial charge < -0.3 is 4.90 Å². The zero-order valence-corrected chi connectivity index (χ0v) is 14.4. The molecule has 0 atom stereocenters. The molecule has 0 bridgehead atoms. The number of nitro groups is 1. The van der Waals surface area contributed by atoms with Gasteiger partial charge in [0.25, 0.3) is 5.91 Å². The fourth-order valence-corrected chi connectivity index (χ4v) is 2.43. The lowest BCUT2D eigenvalue weighted by Gasteiger charge is -2.18. The maximum atomic E-state index is 12.1. The van der Waals surface area contributed by atoms with Crippen LogP contribution in [0.3, 0.4) is 0 Å². The first-order valence-electron chi connectivity index (χ1n) is 7.97. The van der Waals surface area contributed by atoms with Gasteiger partial charge in [0.2, 0.25) is 11.6 Å². The largest absolute Gasteiger partial charge is 0.355 e. The first-order valence-corrected chi connectivity index (χ1v) is 7.97. The number of carbonyl (C=O) groups excluding carboxylic acids is 1. The number of nitrogens with one attached hydrogen (secondary N) is 2. The van der Waals surface area contributed by atoms with Gasteiger partial charge in [-0.2, -0.15) is 0 Å². The third-order valence-electron chi connectivity index (χ3n) is 3.78. The first-order chi connectivity index (χ1) is 13.1. The average Bonchev–Trinajstić information content (AvgIpc) is 2.72. The van der Waals surface area contributed by atoms with Gasteiger partial charge in [0.05, 0.1) is 4.92 Å². The van der Waals surface area contributed by atoms with Crippen molar-refractivity contribution >= 4 is 28.9 Å². The summed E-state index contributed by atoms with van der Waals surface area (Å²) in [5.41, 5.74) is 5.71. The highest BCUT2D eigenvalue weighted by Crippen LogP contribution is 2.34. The summed E-state index contributed by atoms with van der Waals surface area (Å²) in [6.45, 7) is 0. The summed E-state index contributed by atoms with van der Waals surface area (Å²) in [7, 11) is 1.66. The van der Waals surface area contributed by atoms with Crippen LogP contribution in [0, 0.1) is 10.1 Å². The van der Waals surface area contributed by atoms with Gasteiger partial charge in [0, 0.05) is 18.3 Å². The molecule has 0 spiro atoms. The summed E-state index contributed by atoms with van der Waals surface area (Å²) in [6, 6.07) is 17.6. The molecule has 2 aromatic carbocycles. The number of para-hydroxylation sites is 1. The first kappa shape index (κ1) is 17.8. The lowest BCUT2D eigenvalue weighted by Crippen LogP contribution is -2.30. The lowest BCUT2D eigenvalue weighted by atomic mass is 10.2. The summed E-state index contributed by atoms with van der Waals surface area (Å²) >= 11 is 0. The van der Waals surface area contributed by atoms with Crippen LogP contribution in [0.1, 0.15) is 10.4 Å². The van der Waals surface area contributed by atoms with Gasteiger partial charge in [-0.15, -0.1) is 0 Å². The Balaban J connectivity index is 1.88. The normalized spacial score (nSPS) is 10.1. The van der Waals surface area contributed by atoms with E-state index in [1.807, 2.05) is 18.2 Å². The summed E-state index contributed by atoms with van der Waals surface area (Å²) in [6.07, 6.45) is 1.19. The zero-order valence-electron chi connectivity index (χ0n) is 14.4. The number of nitrogens with zero attached hydrogens (tertiary/aromatic N) is 4. The van der Waals surface area contributed by atoms with Gasteiger partial charge in [-0.05, 0) is 24.3 Å². The van der Waals surface area contributed by atoms with E-state index in [4.69, 9.17) is 0 Å². The Hall–Kier alpha value is -4.01. The number of benzene rings is 2. The molecular weight excluding hydrogens is 348 g/mol. The summed E-state index contributed by atoms with van der Waals surface area (Å²) < 4.78 is 0. The fourth-order valence-electron chi connectivity index (χ4n) is 2.43. The molecule has 0 unspecified atom stereocenters. The Labute approximate surface area is 154 Å². The van der Waals surface area contributed by atoms with E-state index < -0.39 is 10.8 Å². The third kappa shape index (κ3) is 3.98. The van der Waals surface area contributed by atoms with Crippen LogP contribution in [0.4, 0.5) is 23.0 Å². The minimum atomic E-state index is -0.591. The van der Waals surface area contributed by atoms with Crippen molar-refractivity contribution in [1.29, 1.82) is 0 Å². The monoisotopic (exact) mass is 364 g/mol. The molecule has 0 radical (unpaired) electrons. The molecule has 0 aliphatic rings. The number of amides is 1. The lowest BCUT2D eigenvalue weighted by molar-refractivity contribution is -0.383. The highest BCUT2D eigenvalue weighted by atomic mass is 16.6. The topological polar surface area (TPSA) is 113 Å². The van der Waals surface area contributed by atoms with E-state index in [-0.39, 0.29) is 17.3 Å². The van der Waals surface area contributed by atoms with Crippen molar-refractivity contribution < 1.29 is 9.72 Å². The molecule has 27 heavy (non-hydrogen) atoms. The van der Waals surface area contributed by atoms with E-state index >= 15 is 0 Å². The van der Waals surface area contributed by atoms with Gasteiger partial charge in [0.15, 0.2) is 0 Å². The van der Waals surface area contributed by atoms with E-state index in [1.54, 1.807) is 54.4 Å². The summed E-state index contributed by atoms with van der Waals surface area (Å²) in [4.78, 5) is 32.7. The highest BCUT2D eigenvalue weighted by molar-refractivity contribution is 5.95. The van der Waals surface area contributed by atoms with E-state index in [0.29, 0.717) is 5.56 Å². The molecule has 9 heteroatoms. The van der Waals surface area contributed by atoms with E-state index in [0.717, 1.165) is 5.69 Å². The molecule has 1 amide bonds.